The smallest absolute Gasteiger partial charge is 0.287 e. The highest BCUT2D eigenvalue weighted by molar-refractivity contribution is 5.95. The number of nitrogens with one attached hydrogen (secondary N) is 2. The number of hydrogen-bond donors (Lipinski definition) is 3. The number of rotatable bonds is 5. The molecule has 17 heavy (non-hydrogen) atoms. The van der Waals surface area contributed by atoms with Gasteiger partial charge in [-0.05, 0) is 26.0 Å². The van der Waals surface area contributed by atoms with Gasteiger partial charge in [-0.2, -0.15) is 0 Å². The lowest BCUT2D eigenvalue weighted by Gasteiger charge is -2.14. The topological polar surface area (TPSA) is 91.6 Å². The van der Waals surface area contributed by atoms with Crippen LogP contribution in [-0.2, 0) is 4.79 Å². The highest BCUT2D eigenvalue weighted by Gasteiger charge is 2.17. The molecule has 0 aliphatic carbocycles. The average molecular weight is 240 g/mol. The molecular weight excluding hydrogens is 224 g/mol. The van der Waals surface area contributed by atoms with E-state index in [1.165, 1.54) is 12.3 Å². The lowest BCUT2D eigenvalue weighted by molar-refractivity contribution is -0.123. The maximum atomic E-state index is 11.5. The summed E-state index contributed by atoms with van der Waals surface area (Å²) in [6.07, 6.45) is 0.763. The van der Waals surface area contributed by atoms with E-state index in [0.29, 0.717) is 0 Å². The predicted molar refractivity (Wildman–Crippen MR) is 60.3 cm³/mol. The van der Waals surface area contributed by atoms with Gasteiger partial charge >= 0.3 is 0 Å². The Labute approximate surface area is 99.0 Å². The summed E-state index contributed by atoms with van der Waals surface area (Å²) in [4.78, 5) is 23.0. The van der Waals surface area contributed by atoms with Gasteiger partial charge in [-0.1, -0.05) is 0 Å². The van der Waals surface area contributed by atoms with Crippen LogP contribution in [0.4, 0.5) is 0 Å². The zero-order valence-corrected chi connectivity index (χ0v) is 9.77. The number of aliphatic hydroxyl groups excluding tert-OH is 1. The largest absolute Gasteiger partial charge is 0.459 e. The molecule has 0 aromatic carbocycles. The number of aliphatic hydroxyl groups is 1. The van der Waals surface area contributed by atoms with Crippen LogP contribution in [0.3, 0.4) is 0 Å². The van der Waals surface area contributed by atoms with Crippen LogP contribution in [0.2, 0.25) is 0 Å². The van der Waals surface area contributed by atoms with Crippen molar-refractivity contribution in [1.29, 1.82) is 0 Å². The van der Waals surface area contributed by atoms with Gasteiger partial charge in [-0.15, -0.1) is 0 Å². The van der Waals surface area contributed by atoms with E-state index in [0.717, 1.165) is 0 Å². The zero-order chi connectivity index (χ0) is 12.8. The molecule has 0 fully saturated rings. The van der Waals surface area contributed by atoms with E-state index >= 15 is 0 Å². The SMILES string of the molecule is CC(O)CNC(=O)C(C)NC(=O)c1ccco1. The molecule has 1 aromatic heterocycles. The van der Waals surface area contributed by atoms with Gasteiger partial charge in [-0.25, -0.2) is 0 Å². The molecule has 0 saturated carbocycles. The van der Waals surface area contributed by atoms with E-state index in [4.69, 9.17) is 9.52 Å². The second-order valence-corrected chi connectivity index (χ2v) is 3.77. The van der Waals surface area contributed by atoms with Crippen molar-refractivity contribution in [3.63, 3.8) is 0 Å². The molecule has 2 unspecified atom stereocenters. The van der Waals surface area contributed by atoms with Gasteiger partial charge in [0, 0.05) is 6.54 Å². The van der Waals surface area contributed by atoms with Crippen molar-refractivity contribution >= 4 is 11.8 Å². The molecule has 1 heterocycles. The van der Waals surface area contributed by atoms with Crippen LogP contribution in [0.1, 0.15) is 24.4 Å². The van der Waals surface area contributed by atoms with E-state index in [9.17, 15) is 9.59 Å². The van der Waals surface area contributed by atoms with Crippen LogP contribution < -0.4 is 10.6 Å². The van der Waals surface area contributed by atoms with E-state index in [1.807, 2.05) is 0 Å². The van der Waals surface area contributed by atoms with Gasteiger partial charge in [0.25, 0.3) is 5.91 Å². The summed E-state index contributed by atoms with van der Waals surface area (Å²) in [6.45, 7) is 3.27. The summed E-state index contributed by atoms with van der Waals surface area (Å²) in [5.74, 6) is -0.652. The fourth-order valence-corrected chi connectivity index (χ4v) is 1.14. The molecule has 0 radical (unpaired) electrons. The normalized spacial score (nSPS) is 13.8. The molecule has 94 valence electrons. The molecule has 0 spiro atoms. The van der Waals surface area contributed by atoms with Crippen molar-refractivity contribution in [3.05, 3.63) is 24.2 Å². The predicted octanol–water partition coefficient (Wildman–Crippen LogP) is -0.105. The Morgan fingerprint density at radius 3 is 2.71 bits per heavy atom. The number of carbonyl (C=O) groups excluding carboxylic acids is 2. The fourth-order valence-electron chi connectivity index (χ4n) is 1.14. The van der Waals surface area contributed by atoms with E-state index in [-0.39, 0.29) is 18.2 Å². The van der Waals surface area contributed by atoms with Gasteiger partial charge in [0.05, 0.1) is 12.4 Å². The summed E-state index contributed by atoms with van der Waals surface area (Å²) in [6, 6.07) is 2.41. The second-order valence-electron chi connectivity index (χ2n) is 3.77. The number of furan rings is 1. The van der Waals surface area contributed by atoms with Gasteiger partial charge in [0.2, 0.25) is 5.91 Å². The van der Waals surface area contributed by atoms with Gasteiger partial charge in [0.1, 0.15) is 6.04 Å². The molecule has 0 aliphatic heterocycles. The maximum Gasteiger partial charge on any atom is 0.287 e. The molecule has 3 N–H and O–H groups in total. The lowest BCUT2D eigenvalue weighted by atomic mass is 10.3. The number of carbonyl (C=O) groups is 2. The second kappa shape index (κ2) is 6.05. The molecule has 1 aromatic rings. The summed E-state index contributed by atoms with van der Waals surface area (Å²) >= 11 is 0. The molecular formula is C11H16N2O4. The zero-order valence-electron chi connectivity index (χ0n) is 9.77. The molecule has 0 aliphatic rings. The van der Waals surface area contributed by atoms with Crippen LogP contribution in [0, 0.1) is 0 Å². The first-order valence-electron chi connectivity index (χ1n) is 5.31. The van der Waals surface area contributed by atoms with Crippen LogP contribution in [0.5, 0.6) is 0 Å². The molecule has 6 nitrogen and oxygen atoms in total. The minimum absolute atomic E-state index is 0.153. The summed E-state index contributed by atoms with van der Waals surface area (Å²) in [5.41, 5.74) is 0. The number of amides is 2. The van der Waals surface area contributed by atoms with Crippen LogP contribution in [0.15, 0.2) is 22.8 Å². The summed E-state index contributed by atoms with van der Waals surface area (Å²) < 4.78 is 4.89. The maximum absolute atomic E-state index is 11.5. The third-order valence-corrected chi connectivity index (χ3v) is 2.06. The third kappa shape index (κ3) is 4.28. The Bertz CT molecular complexity index is 373. The standard InChI is InChI=1S/C11H16N2O4/c1-7(14)6-12-10(15)8(2)13-11(16)9-4-3-5-17-9/h3-5,7-8,14H,6H2,1-2H3,(H,12,15)(H,13,16). The van der Waals surface area contributed by atoms with E-state index < -0.39 is 18.1 Å². The first kappa shape index (κ1) is 13.2. The average Bonchev–Trinajstić information content (AvgIpc) is 2.78. The third-order valence-electron chi connectivity index (χ3n) is 2.06. The molecule has 0 bridgehead atoms. The van der Waals surface area contributed by atoms with Crippen molar-refractivity contribution in [3.8, 4) is 0 Å². The monoisotopic (exact) mass is 240 g/mol. The highest BCUT2D eigenvalue weighted by atomic mass is 16.3. The molecule has 0 saturated heterocycles. The lowest BCUT2D eigenvalue weighted by Crippen LogP contribution is -2.46. The first-order chi connectivity index (χ1) is 8.00. The molecule has 6 heteroatoms. The van der Waals surface area contributed by atoms with Gasteiger partial charge in [0.15, 0.2) is 5.76 Å². The van der Waals surface area contributed by atoms with Crippen molar-refractivity contribution in [1.82, 2.24) is 10.6 Å². The quantitative estimate of drug-likeness (QED) is 0.670. The van der Waals surface area contributed by atoms with Crippen molar-refractivity contribution < 1.29 is 19.1 Å². The van der Waals surface area contributed by atoms with Gasteiger partial charge in [-0.3, -0.25) is 9.59 Å². The molecule has 1 rings (SSSR count). The minimum Gasteiger partial charge on any atom is -0.459 e. The first-order valence-corrected chi connectivity index (χ1v) is 5.31. The van der Waals surface area contributed by atoms with Crippen molar-refractivity contribution in [2.24, 2.45) is 0 Å². The van der Waals surface area contributed by atoms with Crippen LogP contribution in [-0.4, -0.2) is 35.6 Å². The van der Waals surface area contributed by atoms with Gasteiger partial charge < -0.3 is 20.2 Å². The van der Waals surface area contributed by atoms with Crippen molar-refractivity contribution in [2.45, 2.75) is 26.0 Å². The van der Waals surface area contributed by atoms with E-state index in [2.05, 4.69) is 10.6 Å². The Morgan fingerprint density at radius 2 is 2.18 bits per heavy atom. The fraction of sp³-hybridized carbons (Fsp3) is 0.455. The Kier molecular flexibility index (Phi) is 4.71. The minimum atomic E-state index is -0.689. The molecule has 2 atom stereocenters. The Morgan fingerprint density at radius 1 is 1.47 bits per heavy atom. The number of hydrogen-bond acceptors (Lipinski definition) is 4. The molecule has 2 amide bonds. The van der Waals surface area contributed by atoms with Crippen LogP contribution in [0.25, 0.3) is 0 Å². The van der Waals surface area contributed by atoms with Crippen LogP contribution >= 0.6 is 0 Å². The highest BCUT2D eigenvalue weighted by Crippen LogP contribution is 1.99. The summed E-state index contributed by atoms with van der Waals surface area (Å²) in [7, 11) is 0. The van der Waals surface area contributed by atoms with E-state index in [1.54, 1.807) is 19.9 Å². The summed E-state index contributed by atoms with van der Waals surface area (Å²) in [5, 5.41) is 14.0. The Hall–Kier alpha value is -1.82. The van der Waals surface area contributed by atoms with Crippen molar-refractivity contribution in [2.75, 3.05) is 6.54 Å². The Balaban J connectivity index is 2.41.